The first-order valence-electron chi connectivity index (χ1n) is 7.51. The number of pyridine rings is 1. The van der Waals surface area contributed by atoms with Gasteiger partial charge in [-0.05, 0) is 42.2 Å². The van der Waals surface area contributed by atoms with Crippen molar-refractivity contribution < 1.29 is 9.18 Å². The van der Waals surface area contributed by atoms with E-state index in [0.29, 0.717) is 29.9 Å². The number of halogens is 1. The number of nitrogens with two attached hydrogens (primary N) is 2. The molecule has 0 aliphatic carbocycles. The second-order valence-corrected chi connectivity index (χ2v) is 5.91. The monoisotopic (exact) mass is 314 g/mol. The highest BCUT2D eigenvalue weighted by molar-refractivity contribution is 5.84. The van der Waals surface area contributed by atoms with Gasteiger partial charge in [-0.1, -0.05) is 0 Å². The molecular formula is C17H19FN4O. The minimum absolute atomic E-state index is 0.0622. The maximum atomic E-state index is 14.1. The predicted molar refractivity (Wildman–Crippen MR) is 88.1 cm³/mol. The lowest BCUT2D eigenvalue weighted by Gasteiger charge is -2.29. The number of carbonyl (C=O) groups excluding carboxylic acids is 1. The molecule has 1 fully saturated rings. The lowest BCUT2D eigenvalue weighted by atomic mass is 9.87. The fourth-order valence-corrected chi connectivity index (χ4v) is 2.94. The van der Waals surface area contributed by atoms with Crippen LogP contribution in [0.2, 0.25) is 0 Å². The molecule has 1 unspecified atom stereocenters. The molecule has 4 N–H and O–H groups in total. The summed E-state index contributed by atoms with van der Waals surface area (Å²) in [5, 5.41) is 0. The van der Waals surface area contributed by atoms with Gasteiger partial charge in [0.05, 0.1) is 11.4 Å². The van der Waals surface area contributed by atoms with Gasteiger partial charge in [-0.25, -0.2) is 4.39 Å². The smallest absolute Gasteiger partial charge is 0.222 e. The van der Waals surface area contributed by atoms with Crippen LogP contribution in [0, 0.1) is 5.82 Å². The van der Waals surface area contributed by atoms with Gasteiger partial charge in [0.25, 0.3) is 0 Å². The van der Waals surface area contributed by atoms with Crippen LogP contribution in [0.25, 0.3) is 11.3 Å². The second kappa shape index (κ2) is 5.87. The maximum Gasteiger partial charge on any atom is 0.222 e. The number of nitrogens with zero attached hydrogens (tertiary/aromatic N) is 2. The number of piperidine rings is 1. The van der Waals surface area contributed by atoms with Crippen molar-refractivity contribution in [2.45, 2.75) is 18.8 Å². The maximum absolute atomic E-state index is 14.1. The fraction of sp³-hybridized carbons (Fsp3) is 0.294. The summed E-state index contributed by atoms with van der Waals surface area (Å²) >= 11 is 0. The van der Waals surface area contributed by atoms with Crippen LogP contribution in [-0.2, 0) is 4.79 Å². The average molecular weight is 314 g/mol. The molecule has 0 spiro atoms. The van der Waals surface area contributed by atoms with Crippen LogP contribution >= 0.6 is 0 Å². The summed E-state index contributed by atoms with van der Waals surface area (Å²) in [4.78, 5) is 17.7. The van der Waals surface area contributed by atoms with E-state index in [1.165, 1.54) is 18.3 Å². The van der Waals surface area contributed by atoms with E-state index in [-0.39, 0.29) is 17.5 Å². The summed E-state index contributed by atoms with van der Waals surface area (Å²) in [6.45, 7) is 0.695. The molecule has 0 saturated carbocycles. The zero-order chi connectivity index (χ0) is 16.6. The topological polar surface area (TPSA) is 85.2 Å². The minimum atomic E-state index is -0.449. The van der Waals surface area contributed by atoms with Gasteiger partial charge in [0.2, 0.25) is 5.91 Å². The van der Waals surface area contributed by atoms with Crippen LogP contribution in [0.5, 0.6) is 0 Å². The van der Waals surface area contributed by atoms with E-state index >= 15 is 0 Å². The molecule has 2 aromatic rings. The van der Waals surface area contributed by atoms with Crippen LogP contribution < -0.4 is 11.5 Å². The molecule has 1 aromatic heterocycles. The van der Waals surface area contributed by atoms with Crippen molar-refractivity contribution in [3.8, 4) is 11.3 Å². The first-order valence-corrected chi connectivity index (χ1v) is 7.51. The zero-order valence-electron chi connectivity index (χ0n) is 12.9. The van der Waals surface area contributed by atoms with Crippen molar-refractivity contribution in [1.29, 1.82) is 0 Å². The number of rotatable bonds is 2. The van der Waals surface area contributed by atoms with Gasteiger partial charge in [-0.3, -0.25) is 9.78 Å². The van der Waals surface area contributed by atoms with E-state index < -0.39 is 5.82 Å². The summed E-state index contributed by atoms with van der Waals surface area (Å²) in [6, 6.07) is 6.45. The van der Waals surface area contributed by atoms with Crippen LogP contribution in [0.1, 0.15) is 24.3 Å². The number of amides is 1. The number of likely N-dealkylation sites (tertiary alicyclic amines) is 1. The van der Waals surface area contributed by atoms with Crippen LogP contribution in [-0.4, -0.2) is 29.4 Å². The van der Waals surface area contributed by atoms with Gasteiger partial charge in [-0.2, -0.15) is 0 Å². The molecule has 1 aliphatic heterocycles. The number of hydrogen-bond donors (Lipinski definition) is 2. The Labute approximate surface area is 134 Å². The standard InChI is InChI=1S/C17H19FN4O/c1-22-6-4-10(9-15(22)23)11-7-12(16(20)14(19)8-11)17-13(18)3-2-5-21-17/h2-3,5,7-8,10H,4,6,9,19-20H2,1H3. The zero-order valence-corrected chi connectivity index (χ0v) is 12.9. The van der Waals surface area contributed by atoms with E-state index in [1.807, 2.05) is 0 Å². The highest BCUT2D eigenvalue weighted by Gasteiger charge is 2.26. The number of hydrogen-bond acceptors (Lipinski definition) is 4. The third-order valence-electron chi connectivity index (χ3n) is 4.38. The van der Waals surface area contributed by atoms with E-state index in [0.717, 1.165) is 12.0 Å². The molecule has 0 bridgehead atoms. The highest BCUT2D eigenvalue weighted by atomic mass is 19.1. The number of aromatic nitrogens is 1. The molecule has 5 nitrogen and oxygen atoms in total. The first-order chi connectivity index (χ1) is 11.0. The highest BCUT2D eigenvalue weighted by Crippen LogP contribution is 2.37. The van der Waals surface area contributed by atoms with Gasteiger partial charge in [-0.15, -0.1) is 0 Å². The lowest BCUT2D eigenvalue weighted by Crippen LogP contribution is -2.34. The predicted octanol–water partition coefficient (Wildman–Crippen LogP) is 2.39. The molecule has 2 heterocycles. The molecule has 6 heteroatoms. The van der Waals surface area contributed by atoms with Crippen molar-refractivity contribution >= 4 is 17.3 Å². The third-order valence-corrected chi connectivity index (χ3v) is 4.38. The molecular weight excluding hydrogens is 295 g/mol. The number of carbonyl (C=O) groups is 1. The molecule has 120 valence electrons. The fourth-order valence-electron chi connectivity index (χ4n) is 2.94. The summed E-state index contributed by atoms with van der Waals surface area (Å²) < 4.78 is 14.1. The van der Waals surface area contributed by atoms with Gasteiger partial charge in [0.15, 0.2) is 0 Å². The Morgan fingerprint density at radius 2 is 2.13 bits per heavy atom. The average Bonchev–Trinajstić information content (AvgIpc) is 2.53. The van der Waals surface area contributed by atoms with Gasteiger partial charge in [0, 0.05) is 31.8 Å². The molecule has 1 amide bonds. The lowest BCUT2D eigenvalue weighted by molar-refractivity contribution is -0.132. The summed E-state index contributed by atoms with van der Waals surface area (Å²) in [7, 11) is 1.80. The Kier molecular flexibility index (Phi) is 3.90. The van der Waals surface area contributed by atoms with E-state index in [1.54, 1.807) is 24.1 Å². The number of benzene rings is 1. The summed E-state index contributed by atoms with van der Waals surface area (Å²) in [5.41, 5.74) is 14.3. The Hall–Kier alpha value is -2.63. The Morgan fingerprint density at radius 1 is 1.35 bits per heavy atom. The molecule has 23 heavy (non-hydrogen) atoms. The normalized spacial score (nSPS) is 18.3. The quantitative estimate of drug-likeness (QED) is 0.834. The number of nitrogen functional groups attached to an aromatic ring is 2. The summed E-state index contributed by atoms with van der Waals surface area (Å²) in [6.07, 6.45) is 2.78. The Morgan fingerprint density at radius 3 is 2.83 bits per heavy atom. The van der Waals surface area contributed by atoms with Crippen LogP contribution in [0.3, 0.4) is 0 Å². The minimum Gasteiger partial charge on any atom is -0.397 e. The van der Waals surface area contributed by atoms with Crippen molar-refractivity contribution in [3.05, 3.63) is 41.8 Å². The van der Waals surface area contributed by atoms with Crippen LogP contribution in [0.4, 0.5) is 15.8 Å². The van der Waals surface area contributed by atoms with Crippen molar-refractivity contribution in [2.75, 3.05) is 25.1 Å². The van der Waals surface area contributed by atoms with E-state index in [4.69, 9.17) is 11.5 Å². The third kappa shape index (κ3) is 2.84. The van der Waals surface area contributed by atoms with Crippen molar-refractivity contribution in [2.24, 2.45) is 0 Å². The summed E-state index contributed by atoms with van der Waals surface area (Å²) in [5.74, 6) is -0.287. The molecule has 1 aromatic carbocycles. The molecule has 3 rings (SSSR count). The van der Waals surface area contributed by atoms with E-state index in [9.17, 15) is 9.18 Å². The molecule has 1 atom stereocenters. The SMILES string of the molecule is CN1CCC(c2cc(N)c(N)c(-c3ncccc3F)c2)CC1=O. The van der Waals surface area contributed by atoms with Gasteiger partial charge in [0.1, 0.15) is 11.5 Å². The van der Waals surface area contributed by atoms with E-state index in [2.05, 4.69) is 4.98 Å². The second-order valence-electron chi connectivity index (χ2n) is 5.91. The largest absolute Gasteiger partial charge is 0.397 e. The molecule has 0 radical (unpaired) electrons. The first kappa shape index (κ1) is 15.3. The van der Waals surface area contributed by atoms with Crippen molar-refractivity contribution in [3.63, 3.8) is 0 Å². The van der Waals surface area contributed by atoms with Crippen LogP contribution in [0.15, 0.2) is 30.5 Å². The van der Waals surface area contributed by atoms with Gasteiger partial charge >= 0.3 is 0 Å². The molecule has 1 aliphatic rings. The Balaban J connectivity index is 2.04. The molecule has 1 saturated heterocycles. The Bertz CT molecular complexity index is 762. The number of anilines is 2. The van der Waals surface area contributed by atoms with Gasteiger partial charge < -0.3 is 16.4 Å². The van der Waals surface area contributed by atoms with Crippen molar-refractivity contribution in [1.82, 2.24) is 9.88 Å².